The number of hydrogen-bond acceptors (Lipinski definition) is 3. The Labute approximate surface area is 169 Å². The summed E-state index contributed by atoms with van der Waals surface area (Å²) >= 11 is 0.993. The molecule has 0 aliphatic rings. The lowest BCUT2D eigenvalue weighted by Crippen LogP contribution is -2.07. The summed E-state index contributed by atoms with van der Waals surface area (Å²) in [4.78, 5) is 0.108. The SMILES string of the molecule is OC(CSc1ccccc1C(F)(F)F)c1ccc2c(cnn2-c2ccccc2)c1. The average molecular weight is 414 g/mol. The molecule has 0 aliphatic carbocycles. The molecule has 0 radical (unpaired) electrons. The van der Waals surface area contributed by atoms with Crippen molar-refractivity contribution in [2.75, 3.05) is 5.75 Å². The number of fused-ring (bicyclic) bond motifs is 1. The van der Waals surface area contributed by atoms with Gasteiger partial charge in [-0.2, -0.15) is 18.3 Å². The van der Waals surface area contributed by atoms with Crippen molar-refractivity contribution in [3.05, 3.63) is 90.1 Å². The van der Waals surface area contributed by atoms with Gasteiger partial charge in [0, 0.05) is 16.0 Å². The van der Waals surface area contributed by atoms with E-state index < -0.39 is 17.8 Å². The van der Waals surface area contributed by atoms with Crippen LogP contribution in [0.3, 0.4) is 0 Å². The monoisotopic (exact) mass is 414 g/mol. The van der Waals surface area contributed by atoms with Crippen molar-refractivity contribution < 1.29 is 18.3 Å². The largest absolute Gasteiger partial charge is 0.417 e. The normalized spacial score (nSPS) is 13.0. The van der Waals surface area contributed by atoms with Crippen LogP contribution in [0.5, 0.6) is 0 Å². The Morgan fingerprint density at radius 2 is 1.69 bits per heavy atom. The molecule has 0 bridgehead atoms. The van der Waals surface area contributed by atoms with Crippen molar-refractivity contribution in [3.63, 3.8) is 0 Å². The maximum atomic E-state index is 13.1. The van der Waals surface area contributed by atoms with Gasteiger partial charge in [0.15, 0.2) is 0 Å². The van der Waals surface area contributed by atoms with Crippen LogP contribution in [-0.4, -0.2) is 20.6 Å². The third kappa shape index (κ3) is 4.16. The second-order valence-electron chi connectivity index (χ2n) is 6.53. The zero-order chi connectivity index (χ0) is 20.4. The fraction of sp³-hybridized carbons (Fsp3) is 0.136. The summed E-state index contributed by atoms with van der Waals surface area (Å²) < 4.78 is 41.2. The van der Waals surface area contributed by atoms with Crippen molar-refractivity contribution in [2.24, 2.45) is 0 Å². The van der Waals surface area contributed by atoms with Crippen molar-refractivity contribution in [1.82, 2.24) is 9.78 Å². The Bertz CT molecular complexity index is 1130. The highest BCUT2D eigenvalue weighted by Gasteiger charge is 2.33. The van der Waals surface area contributed by atoms with Gasteiger partial charge >= 0.3 is 6.18 Å². The van der Waals surface area contributed by atoms with Crippen LogP contribution in [-0.2, 0) is 6.18 Å². The fourth-order valence-corrected chi connectivity index (χ4v) is 4.17. The number of rotatable bonds is 5. The molecule has 0 amide bonds. The number of aliphatic hydroxyl groups excluding tert-OH is 1. The maximum absolute atomic E-state index is 13.1. The average Bonchev–Trinajstić information content (AvgIpc) is 3.15. The highest BCUT2D eigenvalue weighted by Crippen LogP contribution is 2.37. The van der Waals surface area contributed by atoms with Crippen molar-refractivity contribution in [3.8, 4) is 5.69 Å². The van der Waals surface area contributed by atoms with Gasteiger partial charge in [-0.25, -0.2) is 4.68 Å². The molecular formula is C22H17F3N2OS. The quantitative estimate of drug-likeness (QED) is 0.415. The standard InChI is InChI=1S/C22H17F3N2OS/c23-22(24,25)18-8-4-5-9-21(18)29-14-20(28)15-10-11-19-16(12-15)13-26-27(19)17-6-2-1-3-7-17/h1-13,20,28H,14H2. The van der Waals surface area contributed by atoms with Crippen LogP contribution in [0.15, 0.2) is 83.9 Å². The molecule has 1 N–H and O–H groups in total. The lowest BCUT2D eigenvalue weighted by Gasteiger charge is -2.15. The van der Waals surface area contributed by atoms with Gasteiger partial charge in [0.05, 0.1) is 29.1 Å². The molecule has 0 saturated heterocycles. The second-order valence-corrected chi connectivity index (χ2v) is 7.59. The first-order valence-corrected chi connectivity index (χ1v) is 9.92. The minimum Gasteiger partial charge on any atom is -0.388 e. The number of nitrogens with zero attached hydrogens (tertiary/aromatic N) is 2. The molecule has 7 heteroatoms. The number of para-hydroxylation sites is 1. The number of aromatic nitrogens is 2. The summed E-state index contributed by atoms with van der Waals surface area (Å²) in [5, 5.41) is 15.8. The van der Waals surface area contributed by atoms with Crippen LogP contribution in [0.2, 0.25) is 0 Å². The molecule has 1 unspecified atom stereocenters. The predicted octanol–water partition coefficient (Wildman–Crippen LogP) is 5.87. The Balaban J connectivity index is 1.54. The Hall–Kier alpha value is -2.77. The van der Waals surface area contributed by atoms with Crippen molar-refractivity contribution in [1.29, 1.82) is 0 Å². The smallest absolute Gasteiger partial charge is 0.388 e. The van der Waals surface area contributed by atoms with E-state index in [4.69, 9.17) is 0 Å². The number of alkyl halides is 3. The summed E-state index contributed by atoms with van der Waals surface area (Å²) in [6, 6.07) is 20.6. The van der Waals surface area contributed by atoms with Gasteiger partial charge in [-0.3, -0.25) is 0 Å². The molecule has 3 nitrogen and oxygen atoms in total. The first kappa shape index (κ1) is 19.5. The Morgan fingerprint density at radius 1 is 0.966 bits per heavy atom. The second kappa shape index (κ2) is 7.93. The molecule has 4 rings (SSSR count). The van der Waals surface area contributed by atoms with Gasteiger partial charge in [-0.1, -0.05) is 36.4 Å². The van der Waals surface area contributed by atoms with Gasteiger partial charge in [0.25, 0.3) is 0 Å². The molecule has 3 aromatic carbocycles. The van der Waals surface area contributed by atoms with Crippen LogP contribution in [0.4, 0.5) is 13.2 Å². The van der Waals surface area contributed by atoms with E-state index in [1.807, 2.05) is 42.5 Å². The summed E-state index contributed by atoms with van der Waals surface area (Å²) in [6.45, 7) is 0. The van der Waals surface area contributed by atoms with Crippen LogP contribution in [0.25, 0.3) is 16.6 Å². The number of halogens is 3. The van der Waals surface area contributed by atoms with E-state index in [1.54, 1.807) is 23.0 Å². The van der Waals surface area contributed by atoms with Crippen molar-refractivity contribution >= 4 is 22.7 Å². The van der Waals surface area contributed by atoms with Gasteiger partial charge < -0.3 is 5.11 Å². The van der Waals surface area contributed by atoms with Gasteiger partial charge in [-0.15, -0.1) is 11.8 Å². The van der Waals surface area contributed by atoms with Crippen molar-refractivity contribution in [2.45, 2.75) is 17.2 Å². The van der Waals surface area contributed by atoms with E-state index in [0.717, 1.165) is 34.4 Å². The molecule has 29 heavy (non-hydrogen) atoms. The number of hydrogen-bond donors (Lipinski definition) is 1. The summed E-state index contributed by atoms with van der Waals surface area (Å²) in [5.74, 6) is 0.116. The van der Waals surface area contributed by atoms with Gasteiger partial charge in [-0.05, 0) is 42.0 Å². The minimum absolute atomic E-state index is 0.108. The summed E-state index contributed by atoms with van der Waals surface area (Å²) in [6.07, 6.45) is -3.60. The lowest BCUT2D eigenvalue weighted by atomic mass is 10.1. The van der Waals surface area contributed by atoms with Crippen LogP contribution in [0.1, 0.15) is 17.2 Å². The first-order valence-electron chi connectivity index (χ1n) is 8.94. The molecule has 0 fully saturated rings. The van der Waals surface area contributed by atoms with Crippen LogP contribution >= 0.6 is 11.8 Å². The number of benzene rings is 3. The van der Waals surface area contributed by atoms with Crippen LogP contribution in [0, 0.1) is 0 Å². The summed E-state index contributed by atoms with van der Waals surface area (Å²) in [7, 11) is 0. The molecule has 4 aromatic rings. The summed E-state index contributed by atoms with van der Waals surface area (Å²) in [5.41, 5.74) is 1.77. The zero-order valence-corrected chi connectivity index (χ0v) is 16.0. The molecule has 1 aromatic heterocycles. The van der Waals surface area contributed by atoms with Gasteiger partial charge in [0.1, 0.15) is 0 Å². The molecule has 1 atom stereocenters. The molecule has 148 valence electrons. The van der Waals surface area contributed by atoms with Gasteiger partial charge in [0.2, 0.25) is 0 Å². The highest BCUT2D eigenvalue weighted by atomic mass is 32.2. The maximum Gasteiger partial charge on any atom is 0.417 e. The Kier molecular flexibility index (Phi) is 5.34. The number of thioether (sulfide) groups is 1. The molecular weight excluding hydrogens is 397 g/mol. The van der Waals surface area contributed by atoms with E-state index in [9.17, 15) is 18.3 Å². The first-order chi connectivity index (χ1) is 13.9. The van der Waals surface area contributed by atoms with Crippen LogP contribution < -0.4 is 0 Å². The lowest BCUT2D eigenvalue weighted by molar-refractivity contribution is -0.139. The third-order valence-corrected chi connectivity index (χ3v) is 5.72. The zero-order valence-electron chi connectivity index (χ0n) is 15.2. The van der Waals surface area contributed by atoms with E-state index >= 15 is 0 Å². The molecule has 0 spiro atoms. The number of aliphatic hydroxyl groups is 1. The fourth-order valence-electron chi connectivity index (χ4n) is 3.13. The third-order valence-electron chi connectivity index (χ3n) is 4.57. The van der Waals surface area contributed by atoms with E-state index in [2.05, 4.69) is 5.10 Å². The van der Waals surface area contributed by atoms with E-state index in [0.29, 0.717) is 5.56 Å². The molecule has 0 saturated carbocycles. The highest BCUT2D eigenvalue weighted by molar-refractivity contribution is 7.99. The predicted molar refractivity (Wildman–Crippen MR) is 108 cm³/mol. The van der Waals surface area contributed by atoms with E-state index in [1.165, 1.54) is 12.1 Å². The molecule has 1 heterocycles. The molecule has 0 aliphatic heterocycles. The Morgan fingerprint density at radius 3 is 2.45 bits per heavy atom. The minimum atomic E-state index is -4.42. The topological polar surface area (TPSA) is 38.1 Å². The van der Waals surface area contributed by atoms with E-state index in [-0.39, 0.29) is 10.6 Å².